The molecule has 2 heterocycles. The molecule has 4 aromatic carbocycles. The number of alkyl halides is 3. The molecule has 1 N–H and O–H groups in total. The van der Waals surface area contributed by atoms with E-state index in [2.05, 4.69) is 9.88 Å². The molecule has 5 aromatic rings. The van der Waals surface area contributed by atoms with Crippen LogP contribution in [0.5, 0.6) is 17.2 Å². The van der Waals surface area contributed by atoms with Crippen LogP contribution in [0.25, 0.3) is 10.9 Å². The number of halogens is 3. The molecule has 0 saturated heterocycles. The molecule has 0 fully saturated rings. The summed E-state index contributed by atoms with van der Waals surface area (Å²) in [5.74, 6) is 1.29. The molecule has 0 bridgehead atoms. The second kappa shape index (κ2) is 12.4. The van der Waals surface area contributed by atoms with Gasteiger partial charge in [0.15, 0.2) is 11.5 Å². The molecule has 0 spiro atoms. The minimum absolute atomic E-state index is 0.0338. The number of ether oxygens (including phenoxy) is 3. The van der Waals surface area contributed by atoms with Gasteiger partial charge in [0.1, 0.15) is 18.5 Å². The molecule has 0 unspecified atom stereocenters. The Morgan fingerprint density at radius 1 is 0.955 bits per heavy atom. The molecule has 226 valence electrons. The highest BCUT2D eigenvalue weighted by Gasteiger charge is 2.31. The Bertz CT molecular complexity index is 1750. The molecule has 6 nitrogen and oxygen atoms in total. The van der Waals surface area contributed by atoms with Crippen LogP contribution in [-0.2, 0) is 17.5 Å². The van der Waals surface area contributed by atoms with Crippen LogP contribution in [0.1, 0.15) is 34.6 Å². The number of fused-ring (bicyclic) bond motifs is 2. The van der Waals surface area contributed by atoms with Crippen molar-refractivity contribution < 1.29 is 32.2 Å². The standard InChI is InChI=1S/C35H31F3N2O4/c1-42-26-16-10-23(11-17-26)20-40-21-30(28-6-2-3-7-31(28)40)29(24-12-14-25(15-13-24)35(36,37)38)18-34(41)39-19-27-22-43-32-8-4-5-9-33(32)44-27/h2-17,21,27,29H,18-20,22H2,1H3,(H,39,41)/t27-,29+/m1/s1. The summed E-state index contributed by atoms with van der Waals surface area (Å²) in [6, 6.07) is 28.0. The molecule has 44 heavy (non-hydrogen) atoms. The first-order valence-electron chi connectivity index (χ1n) is 14.3. The van der Waals surface area contributed by atoms with E-state index in [4.69, 9.17) is 14.2 Å². The van der Waals surface area contributed by atoms with Gasteiger partial charge in [0, 0.05) is 36.0 Å². The molecule has 6 rings (SSSR count). The fourth-order valence-corrected chi connectivity index (χ4v) is 5.57. The summed E-state index contributed by atoms with van der Waals surface area (Å²) in [6.07, 6.45) is -2.80. The average Bonchev–Trinajstić information content (AvgIpc) is 3.40. The van der Waals surface area contributed by atoms with Crippen LogP contribution in [0.3, 0.4) is 0 Å². The van der Waals surface area contributed by atoms with Crippen molar-refractivity contribution in [2.75, 3.05) is 20.3 Å². The van der Waals surface area contributed by atoms with Gasteiger partial charge < -0.3 is 24.1 Å². The van der Waals surface area contributed by atoms with Gasteiger partial charge in [0.25, 0.3) is 0 Å². The number of nitrogens with zero attached hydrogens (tertiary/aromatic N) is 1. The fraction of sp³-hybridized carbons (Fsp3) is 0.229. The highest BCUT2D eigenvalue weighted by molar-refractivity contribution is 5.87. The van der Waals surface area contributed by atoms with Crippen LogP contribution in [0.2, 0.25) is 0 Å². The molecule has 1 aromatic heterocycles. The van der Waals surface area contributed by atoms with E-state index < -0.39 is 17.7 Å². The van der Waals surface area contributed by atoms with Crippen LogP contribution in [-0.4, -0.2) is 36.8 Å². The third-order valence-corrected chi connectivity index (χ3v) is 7.83. The van der Waals surface area contributed by atoms with Gasteiger partial charge in [-0.25, -0.2) is 0 Å². The van der Waals surface area contributed by atoms with Gasteiger partial charge >= 0.3 is 6.18 Å². The lowest BCUT2D eigenvalue weighted by Gasteiger charge is -2.26. The van der Waals surface area contributed by atoms with Crippen LogP contribution in [0.4, 0.5) is 13.2 Å². The van der Waals surface area contributed by atoms with Crippen molar-refractivity contribution >= 4 is 16.8 Å². The number of hydrogen-bond acceptors (Lipinski definition) is 4. The monoisotopic (exact) mass is 600 g/mol. The van der Waals surface area contributed by atoms with E-state index in [0.717, 1.165) is 39.9 Å². The Kier molecular flexibility index (Phi) is 8.19. The second-order valence-electron chi connectivity index (χ2n) is 10.8. The van der Waals surface area contributed by atoms with Crippen molar-refractivity contribution in [1.29, 1.82) is 0 Å². The molecule has 2 atom stereocenters. The predicted octanol–water partition coefficient (Wildman–Crippen LogP) is 7.20. The van der Waals surface area contributed by atoms with Crippen LogP contribution in [0, 0.1) is 0 Å². The maximum Gasteiger partial charge on any atom is 0.416 e. The van der Waals surface area contributed by atoms with E-state index in [9.17, 15) is 18.0 Å². The number of amides is 1. The van der Waals surface area contributed by atoms with Crippen molar-refractivity contribution in [2.24, 2.45) is 0 Å². The van der Waals surface area contributed by atoms with Crippen LogP contribution >= 0.6 is 0 Å². The van der Waals surface area contributed by atoms with Gasteiger partial charge in [-0.3, -0.25) is 4.79 Å². The largest absolute Gasteiger partial charge is 0.497 e. The zero-order valence-electron chi connectivity index (χ0n) is 24.0. The van der Waals surface area contributed by atoms with Crippen molar-refractivity contribution in [3.05, 3.63) is 126 Å². The third-order valence-electron chi connectivity index (χ3n) is 7.83. The first-order chi connectivity index (χ1) is 21.3. The molecule has 1 amide bonds. The lowest BCUT2D eigenvalue weighted by molar-refractivity contribution is -0.137. The Hall–Kier alpha value is -4.92. The zero-order chi connectivity index (χ0) is 30.7. The number of carbonyl (C=O) groups is 1. The van der Waals surface area contributed by atoms with E-state index in [1.165, 1.54) is 12.1 Å². The van der Waals surface area contributed by atoms with E-state index in [1.54, 1.807) is 7.11 Å². The Morgan fingerprint density at radius 3 is 2.39 bits per heavy atom. The van der Waals surface area contributed by atoms with E-state index in [0.29, 0.717) is 30.2 Å². The summed E-state index contributed by atoms with van der Waals surface area (Å²) < 4.78 is 59.3. The van der Waals surface area contributed by atoms with Gasteiger partial charge in [0.2, 0.25) is 5.91 Å². The number of hydrogen-bond donors (Lipinski definition) is 1. The average molecular weight is 601 g/mol. The Labute approximate surface area is 253 Å². The molecule has 1 aliphatic rings. The Morgan fingerprint density at radius 2 is 1.66 bits per heavy atom. The highest BCUT2D eigenvalue weighted by atomic mass is 19.4. The second-order valence-corrected chi connectivity index (χ2v) is 10.8. The van der Waals surface area contributed by atoms with Crippen molar-refractivity contribution in [3.8, 4) is 17.2 Å². The normalized spacial score (nSPS) is 15.1. The predicted molar refractivity (Wildman–Crippen MR) is 161 cm³/mol. The maximum atomic E-state index is 13.4. The molecule has 9 heteroatoms. The number of benzene rings is 4. The summed E-state index contributed by atoms with van der Waals surface area (Å²) in [7, 11) is 1.62. The van der Waals surface area contributed by atoms with Gasteiger partial charge in [0.05, 0.1) is 19.2 Å². The molecule has 0 saturated carbocycles. The lowest BCUT2D eigenvalue weighted by Crippen LogP contribution is -2.41. The minimum Gasteiger partial charge on any atom is -0.497 e. The summed E-state index contributed by atoms with van der Waals surface area (Å²) in [6.45, 7) is 1.08. The van der Waals surface area contributed by atoms with E-state index >= 15 is 0 Å². The lowest BCUT2D eigenvalue weighted by atomic mass is 9.87. The van der Waals surface area contributed by atoms with Gasteiger partial charge in [-0.15, -0.1) is 0 Å². The van der Waals surface area contributed by atoms with Crippen molar-refractivity contribution in [3.63, 3.8) is 0 Å². The van der Waals surface area contributed by atoms with Crippen LogP contribution in [0.15, 0.2) is 103 Å². The summed E-state index contributed by atoms with van der Waals surface area (Å²) in [5.41, 5.74) is 2.75. The molecule has 0 radical (unpaired) electrons. The maximum absolute atomic E-state index is 13.4. The number of rotatable bonds is 9. The van der Waals surface area contributed by atoms with Crippen molar-refractivity contribution in [1.82, 2.24) is 9.88 Å². The fourth-order valence-electron chi connectivity index (χ4n) is 5.57. The van der Waals surface area contributed by atoms with Crippen molar-refractivity contribution in [2.45, 2.75) is 31.2 Å². The number of methoxy groups -OCH3 is 1. The number of nitrogens with one attached hydrogen (secondary N) is 1. The molecular weight excluding hydrogens is 569 g/mol. The van der Waals surface area contributed by atoms with Gasteiger partial charge in [-0.2, -0.15) is 13.2 Å². The number of carbonyl (C=O) groups excluding carboxylic acids is 1. The first kappa shape index (κ1) is 29.2. The summed E-state index contributed by atoms with van der Waals surface area (Å²) >= 11 is 0. The molecular formula is C35H31F3N2O4. The first-order valence-corrected chi connectivity index (χ1v) is 14.3. The van der Waals surface area contributed by atoms with Gasteiger partial charge in [-0.05, 0) is 59.2 Å². The minimum atomic E-state index is -4.46. The SMILES string of the molecule is COc1ccc(Cn2cc([C@@H](CC(=O)NC[C@@H]3COc4ccccc4O3)c3ccc(C(F)(F)F)cc3)c3ccccc32)cc1. The van der Waals surface area contributed by atoms with Crippen LogP contribution < -0.4 is 19.5 Å². The molecule has 0 aliphatic carbocycles. The molecule has 1 aliphatic heterocycles. The van der Waals surface area contributed by atoms with E-state index in [-0.39, 0.29) is 25.0 Å². The quantitative estimate of drug-likeness (QED) is 0.195. The zero-order valence-corrected chi connectivity index (χ0v) is 24.0. The Balaban J connectivity index is 1.28. The summed E-state index contributed by atoms with van der Waals surface area (Å²) in [5, 5.41) is 3.88. The number of para-hydroxylation sites is 3. The van der Waals surface area contributed by atoms with E-state index in [1.807, 2.05) is 79.0 Å². The summed E-state index contributed by atoms with van der Waals surface area (Å²) in [4.78, 5) is 13.4. The van der Waals surface area contributed by atoms with Gasteiger partial charge in [-0.1, -0.05) is 54.6 Å². The highest BCUT2D eigenvalue weighted by Crippen LogP contribution is 2.37. The topological polar surface area (TPSA) is 61.7 Å². The smallest absolute Gasteiger partial charge is 0.416 e. The third kappa shape index (κ3) is 6.37. The number of aromatic nitrogens is 1.